The van der Waals surface area contributed by atoms with Gasteiger partial charge >= 0.3 is 0 Å². The molecular formula is C16H30N2. The van der Waals surface area contributed by atoms with Crippen LogP contribution < -0.4 is 5.32 Å². The molecule has 2 unspecified atom stereocenters. The first-order valence-electron chi connectivity index (χ1n) is 7.80. The summed E-state index contributed by atoms with van der Waals surface area (Å²) in [7, 11) is 0. The van der Waals surface area contributed by atoms with Crippen LogP contribution in [-0.2, 0) is 0 Å². The second kappa shape index (κ2) is 6.72. The quantitative estimate of drug-likeness (QED) is 0.754. The highest BCUT2D eigenvalue weighted by molar-refractivity contribution is 5.07. The smallest absolute Gasteiger partial charge is 0.0198 e. The van der Waals surface area contributed by atoms with E-state index in [1.807, 2.05) is 0 Å². The zero-order chi connectivity index (χ0) is 13.0. The summed E-state index contributed by atoms with van der Waals surface area (Å²) in [5.74, 6) is 0.801. The summed E-state index contributed by atoms with van der Waals surface area (Å²) in [5, 5.41) is 3.70. The minimum absolute atomic E-state index is 0.704. The Morgan fingerprint density at radius 1 is 1.44 bits per heavy atom. The molecule has 1 aliphatic heterocycles. The lowest BCUT2D eigenvalue weighted by molar-refractivity contribution is 0.133. The predicted octanol–water partition coefficient (Wildman–Crippen LogP) is 3.20. The van der Waals surface area contributed by atoms with Gasteiger partial charge < -0.3 is 5.32 Å². The maximum absolute atomic E-state index is 3.70. The first-order valence-corrected chi connectivity index (χ1v) is 7.80. The van der Waals surface area contributed by atoms with Crippen molar-refractivity contribution in [3.05, 3.63) is 11.6 Å². The molecule has 0 aromatic heterocycles. The molecule has 1 fully saturated rings. The number of hydrogen-bond acceptors (Lipinski definition) is 2. The third-order valence-electron chi connectivity index (χ3n) is 4.39. The van der Waals surface area contributed by atoms with Crippen molar-refractivity contribution in [3.63, 3.8) is 0 Å². The van der Waals surface area contributed by atoms with Crippen molar-refractivity contribution in [3.8, 4) is 0 Å². The molecule has 1 heterocycles. The minimum Gasteiger partial charge on any atom is -0.311 e. The van der Waals surface area contributed by atoms with Gasteiger partial charge in [-0.05, 0) is 44.9 Å². The van der Waals surface area contributed by atoms with Crippen LogP contribution in [0.4, 0.5) is 0 Å². The molecule has 0 aromatic rings. The molecule has 0 saturated carbocycles. The summed E-state index contributed by atoms with van der Waals surface area (Å²) >= 11 is 0. The zero-order valence-electron chi connectivity index (χ0n) is 12.4. The van der Waals surface area contributed by atoms with E-state index >= 15 is 0 Å². The van der Waals surface area contributed by atoms with Gasteiger partial charge in [0.2, 0.25) is 0 Å². The standard InChI is InChI=1S/C16H30N2/c1-13(2)10-16-12-18(14(3)11-17-16)9-8-15-6-4-5-7-15/h6,13-14,16-17H,4-5,7-12H2,1-3H3. The van der Waals surface area contributed by atoms with Crippen LogP contribution in [-0.4, -0.2) is 36.6 Å². The van der Waals surface area contributed by atoms with Crippen LogP contribution in [0, 0.1) is 5.92 Å². The second-order valence-corrected chi connectivity index (χ2v) is 6.58. The lowest BCUT2D eigenvalue weighted by atomic mass is 9.99. The Hall–Kier alpha value is -0.340. The average molecular weight is 250 g/mol. The van der Waals surface area contributed by atoms with Gasteiger partial charge in [0.1, 0.15) is 0 Å². The lowest BCUT2D eigenvalue weighted by Gasteiger charge is -2.39. The molecule has 1 aliphatic carbocycles. The van der Waals surface area contributed by atoms with Gasteiger partial charge in [-0.1, -0.05) is 25.5 Å². The normalized spacial score (nSPS) is 29.9. The summed E-state index contributed by atoms with van der Waals surface area (Å²) in [4.78, 5) is 2.70. The van der Waals surface area contributed by atoms with Gasteiger partial charge in [-0.3, -0.25) is 4.90 Å². The van der Waals surface area contributed by atoms with E-state index in [1.165, 1.54) is 45.2 Å². The first-order chi connectivity index (χ1) is 8.65. The Labute approximate surface area is 113 Å². The van der Waals surface area contributed by atoms with E-state index in [0.717, 1.165) is 12.5 Å². The molecule has 2 heteroatoms. The summed E-state index contributed by atoms with van der Waals surface area (Å²) in [5.41, 5.74) is 1.71. The fraction of sp³-hybridized carbons (Fsp3) is 0.875. The van der Waals surface area contributed by atoms with Crippen molar-refractivity contribution in [2.75, 3.05) is 19.6 Å². The zero-order valence-corrected chi connectivity index (χ0v) is 12.4. The number of hydrogen-bond donors (Lipinski definition) is 1. The Morgan fingerprint density at radius 2 is 2.28 bits per heavy atom. The molecule has 0 amide bonds. The topological polar surface area (TPSA) is 15.3 Å². The molecule has 104 valence electrons. The molecule has 18 heavy (non-hydrogen) atoms. The van der Waals surface area contributed by atoms with Crippen LogP contribution in [0.1, 0.15) is 52.9 Å². The van der Waals surface area contributed by atoms with Gasteiger partial charge in [0.05, 0.1) is 0 Å². The van der Waals surface area contributed by atoms with Crippen LogP contribution in [0.2, 0.25) is 0 Å². The first kappa shape index (κ1) is 14.1. The molecule has 0 spiro atoms. The van der Waals surface area contributed by atoms with E-state index in [9.17, 15) is 0 Å². The van der Waals surface area contributed by atoms with Gasteiger partial charge in [0.25, 0.3) is 0 Å². The number of rotatable bonds is 5. The molecular weight excluding hydrogens is 220 g/mol. The van der Waals surface area contributed by atoms with Gasteiger partial charge in [-0.15, -0.1) is 0 Å². The van der Waals surface area contributed by atoms with Gasteiger partial charge in [-0.2, -0.15) is 0 Å². The average Bonchev–Trinajstić information content (AvgIpc) is 2.82. The highest BCUT2D eigenvalue weighted by Crippen LogP contribution is 2.22. The maximum Gasteiger partial charge on any atom is 0.0198 e. The van der Waals surface area contributed by atoms with Crippen LogP contribution in [0.5, 0.6) is 0 Å². The van der Waals surface area contributed by atoms with E-state index in [4.69, 9.17) is 0 Å². The van der Waals surface area contributed by atoms with Crippen molar-refractivity contribution in [1.82, 2.24) is 10.2 Å². The molecule has 2 atom stereocenters. The van der Waals surface area contributed by atoms with Crippen LogP contribution in [0.3, 0.4) is 0 Å². The third kappa shape index (κ3) is 4.10. The van der Waals surface area contributed by atoms with Crippen LogP contribution >= 0.6 is 0 Å². The Morgan fingerprint density at radius 3 is 2.94 bits per heavy atom. The van der Waals surface area contributed by atoms with Gasteiger partial charge in [-0.25, -0.2) is 0 Å². The summed E-state index contributed by atoms with van der Waals surface area (Å²) in [6, 6.07) is 1.41. The van der Waals surface area contributed by atoms with E-state index in [-0.39, 0.29) is 0 Å². The summed E-state index contributed by atoms with van der Waals surface area (Å²) in [6.07, 6.45) is 9.16. The van der Waals surface area contributed by atoms with E-state index in [0.29, 0.717) is 12.1 Å². The molecule has 0 bridgehead atoms. The van der Waals surface area contributed by atoms with E-state index in [2.05, 4.69) is 37.1 Å². The molecule has 2 nitrogen and oxygen atoms in total. The number of piperazine rings is 1. The molecule has 0 radical (unpaired) electrons. The Balaban J connectivity index is 1.77. The molecule has 2 aliphatic rings. The van der Waals surface area contributed by atoms with Crippen molar-refractivity contribution in [2.24, 2.45) is 5.92 Å². The summed E-state index contributed by atoms with van der Waals surface area (Å²) in [6.45, 7) is 10.7. The molecule has 1 N–H and O–H groups in total. The van der Waals surface area contributed by atoms with Crippen molar-refractivity contribution < 1.29 is 0 Å². The van der Waals surface area contributed by atoms with Crippen molar-refractivity contribution >= 4 is 0 Å². The number of nitrogens with zero attached hydrogens (tertiary/aromatic N) is 1. The van der Waals surface area contributed by atoms with Crippen molar-refractivity contribution in [2.45, 2.75) is 65.0 Å². The second-order valence-electron chi connectivity index (χ2n) is 6.58. The van der Waals surface area contributed by atoms with Crippen LogP contribution in [0.25, 0.3) is 0 Å². The molecule has 2 rings (SSSR count). The highest BCUT2D eigenvalue weighted by Gasteiger charge is 2.25. The van der Waals surface area contributed by atoms with E-state index in [1.54, 1.807) is 5.57 Å². The maximum atomic E-state index is 3.70. The number of nitrogens with one attached hydrogen (secondary N) is 1. The van der Waals surface area contributed by atoms with Gasteiger partial charge in [0.15, 0.2) is 0 Å². The highest BCUT2D eigenvalue weighted by atomic mass is 15.2. The van der Waals surface area contributed by atoms with Gasteiger partial charge in [0, 0.05) is 31.7 Å². The predicted molar refractivity (Wildman–Crippen MR) is 78.8 cm³/mol. The molecule has 1 saturated heterocycles. The fourth-order valence-electron chi connectivity index (χ4n) is 3.28. The van der Waals surface area contributed by atoms with Crippen molar-refractivity contribution in [1.29, 1.82) is 0 Å². The van der Waals surface area contributed by atoms with Crippen LogP contribution in [0.15, 0.2) is 11.6 Å². The minimum atomic E-state index is 0.704. The summed E-state index contributed by atoms with van der Waals surface area (Å²) < 4.78 is 0. The Kier molecular flexibility index (Phi) is 5.25. The number of allylic oxidation sites excluding steroid dienone is 1. The molecule has 0 aromatic carbocycles. The monoisotopic (exact) mass is 250 g/mol. The third-order valence-corrected chi connectivity index (χ3v) is 4.39. The fourth-order valence-corrected chi connectivity index (χ4v) is 3.28. The largest absolute Gasteiger partial charge is 0.311 e. The SMILES string of the molecule is CC(C)CC1CN(CCC2=CCCC2)C(C)CN1. The Bertz CT molecular complexity index is 283. The lowest BCUT2D eigenvalue weighted by Crippen LogP contribution is -2.55. The van der Waals surface area contributed by atoms with E-state index < -0.39 is 0 Å².